The molecule has 0 amide bonds. The van der Waals surface area contributed by atoms with Crippen LogP contribution in [0.5, 0.6) is 0 Å². The van der Waals surface area contributed by atoms with Gasteiger partial charge in [0.15, 0.2) is 0 Å². The Morgan fingerprint density at radius 3 is 3.24 bits per heavy atom. The molecule has 4 nitrogen and oxygen atoms in total. The molecule has 88 valence electrons. The van der Waals surface area contributed by atoms with Crippen LogP contribution in [0.25, 0.3) is 11.3 Å². The predicted molar refractivity (Wildman–Crippen MR) is 66.9 cm³/mol. The first kappa shape index (κ1) is 10.8. The highest BCUT2D eigenvalue weighted by molar-refractivity contribution is 7.10. The van der Waals surface area contributed by atoms with E-state index in [9.17, 15) is 0 Å². The van der Waals surface area contributed by atoms with Crippen molar-refractivity contribution in [3.05, 3.63) is 34.9 Å². The molecule has 3 rings (SSSR count). The largest absolute Gasteiger partial charge is 0.368 e. The maximum absolute atomic E-state index is 5.68. The van der Waals surface area contributed by atoms with Gasteiger partial charge in [0.05, 0.1) is 12.3 Å². The number of morpholine rings is 1. The lowest BCUT2D eigenvalue weighted by Gasteiger charge is -2.21. The Kier molecular flexibility index (Phi) is 3.13. The van der Waals surface area contributed by atoms with E-state index in [1.54, 1.807) is 17.5 Å². The summed E-state index contributed by atoms with van der Waals surface area (Å²) in [6.45, 7) is 2.53. The van der Waals surface area contributed by atoms with E-state index in [2.05, 4.69) is 20.7 Å². The fourth-order valence-electron chi connectivity index (χ4n) is 1.81. The number of pyridine rings is 1. The van der Waals surface area contributed by atoms with E-state index in [-0.39, 0.29) is 6.10 Å². The van der Waals surface area contributed by atoms with E-state index < -0.39 is 0 Å². The lowest BCUT2D eigenvalue weighted by Crippen LogP contribution is -2.33. The molecule has 1 saturated heterocycles. The molecule has 0 saturated carbocycles. The molecule has 2 aromatic rings. The molecule has 1 aliphatic rings. The van der Waals surface area contributed by atoms with Gasteiger partial charge < -0.3 is 10.1 Å². The fraction of sp³-hybridized carbons (Fsp3) is 0.333. The molecule has 1 aliphatic heterocycles. The number of aromatic nitrogens is 2. The first-order valence-electron chi connectivity index (χ1n) is 5.61. The normalized spacial score (nSPS) is 20.4. The molecule has 17 heavy (non-hydrogen) atoms. The monoisotopic (exact) mass is 247 g/mol. The predicted octanol–water partition coefficient (Wildman–Crippen LogP) is 1.87. The van der Waals surface area contributed by atoms with E-state index >= 15 is 0 Å². The standard InChI is InChI=1S/C12H13N3OS/c1-2-9(6-13-3-1)10-8-17-12(15-10)11-7-14-4-5-16-11/h1-3,6,8,11,14H,4-5,7H2. The SMILES string of the molecule is c1cncc(-c2csc(C3CNCCO3)n2)c1. The molecule has 1 N–H and O–H groups in total. The Hall–Kier alpha value is -1.30. The van der Waals surface area contributed by atoms with Crippen LogP contribution in [0.15, 0.2) is 29.9 Å². The third-order valence-corrected chi connectivity index (χ3v) is 3.62. The summed E-state index contributed by atoms with van der Waals surface area (Å²) < 4.78 is 5.68. The summed E-state index contributed by atoms with van der Waals surface area (Å²) in [6, 6.07) is 3.94. The van der Waals surface area contributed by atoms with Crippen molar-refractivity contribution in [2.75, 3.05) is 19.7 Å². The van der Waals surface area contributed by atoms with Crippen molar-refractivity contribution in [1.82, 2.24) is 15.3 Å². The van der Waals surface area contributed by atoms with Crippen LogP contribution >= 0.6 is 11.3 Å². The van der Waals surface area contributed by atoms with Crippen molar-refractivity contribution in [3.63, 3.8) is 0 Å². The zero-order chi connectivity index (χ0) is 11.5. The van der Waals surface area contributed by atoms with Crippen LogP contribution in [0.3, 0.4) is 0 Å². The highest BCUT2D eigenvalue weighted by Gasteiger charge is 2.19. The van der Waals surface area contributed by atoms with Gasteiger partial charge in [-0.2, -0.15) is 0 Å². The lowest BCUT2D eigenvalue weighted by molar-refractivity contribution is 0.0276. The summed E-state index contributed by atoms with van der Waals surface area (Å²) in [6.07, 6.45) is 3.70. The van der Waals surface area contributed by atoms with Gasteiger partial charge in [0.1, 0.15) is 11.1 Å². The topological polar surface area (TPSA) is 47.0 Å². The average Bonchev–Trinajstić information content (AvgIpc) is 2.90. The summed E-state index contributed by atoms with van der Waals surface area (Å²) in [5.74, 6) is 0. The van der Waals surface area contributed by atoms with E-state index in [0.29, 0.717) is 0 Å². The second kappa shape index (κ2) is 4.91. The fourth-order valence-corrected chi connectivity index (χ4v) is 2.68. The van der Waals surface area contributed by atoms with Crippen LogP contribution in [-0.2, 0) is 4.74 Å². The van der Waals surface area contributed by atoms with Crippen molar-refractivity contribution in [1.29, 1.82) is 0 Å². The van der Waals surface area contributed by atoms with Crippen molar-refractivity contribution in [3.8, 4) is 11.3 Å². The van der Waals surface area contributed by atoms with E-state index in [1.165, 1.54) is 0 Å². The summed E-state index contributed by atoms with van der Waals surface area (Å²) in [5, 5.41) is 6.41. The molecule has 2 aromatic heterocycles. The van der Waals surface area contributed by atoms with E-state index in [0.717, 1.165) is 36.0 Å². The minimum absolute atomic E-state index is 0.0965. The third-order valence-electron chi connectivity index (χ3n) is 2.68. The summed E-state index contributed by atoms with van der Waals surface area (Å²) in [7, 11) is 0. The molecule has 0 aromatic carbocycles. The number of thiazole rings is 1. The highest BCUT2D eigenvalue weighted by atomic mass is 32.1. The van der Waals surface area contributed by atoms with Crippen LogP contribution in [0, 0.1) is 0 Å². The summed E-state index contributed by atoms with van der Waals surface area (Å²) in [4.78, 5) is 8.72. The summed E-state index contributed by atoms with van der Waals surface area (Å²) in [5.41, 5.74) is 2.03. The second-order valence-electron chi connectivity index (χ2n) is 3.88. The number of hydrogen-bond donors (Lipinski definition) is 1. The van der Waals surface area contributed by atoms with Gasteiger partial charge in [-0.15, -0.1) is 11.3 Å². The lowest BCUT2D eigenvalue weighted by atomic mass is 10.2. The molecule has 0 spiro atoms. The minimum atomic E-state index is 0.0965. The molecule has 3 heterocycles. The number of rotatable bonds is 2. The minimum Gasteiger partial charge on any atom is -0.368 e. The summed E-state index contributed by atoms with van der Waals surface area (Å²) >= 11 is 1.65. The van der Waals surface area contributed by atoms with Crippen molar-refractivity contribution < 1.29 is 4.74 Å². The van der Waals surface area contributed by atoms with Gasteiger partial charge in [-0.25, -0.2) is 4.98 Å². The van der Waals surface area contributed by atoms with Gasteiger partial charge in [0, 0.05) is 36.4 Å². The Balaban J connectivity index is 1.83. The van der Waals surface area contributed by atoms with Crippen LogP contribution < -0.4 is 5.32 Å². The van der Waals surface area contributed by atoms with Crippen LogP contribution in [0.1, 0.15) is 11.1 Å². The average molecular weight is 247 g/mol. The van der Waals surface area contributed by atoms with Gasteiger partial charge in [-0.3, -0.25) is 4.98 Å². The van der Waals surface area contributed by atoms with Crippen molar-refractivity contribution in [2.24, 2.45) is 0 Å². The van der Waals surface area contributed by atoms with Gasteiger partial charge in [0.25, 0.3) is 0 Å². The quantitative estimate of drug-likeness (QED) is 0.880. The van der Waals surface area contributed by atoms with Gasteiger partial charge in [-0.05, 0) is 12.1 Å². The van der Waals surface area contributed by atoms with Crippen LogP contribution in [0.4, 0.5) is 0 Å². The Morgan fingerprint density at radius 2 is 2.47 bits per heavy atom. The molecule has 5 heteroatoms. The Labute approximate surface area is 104 Å². The second-order valence-corrected chi connectivity index (χ2v) is 4.77. The maximum atomic E-state index is 5.68. The molecule has 0 bridgehead atoms. The highest BCUT2D eigenvalue weighted by Crippen LogP contribution is 2.27. The number of hydrogen-bond acceptors (Lipinski definition) is 5. The molecule has 1 atom stereocenters. The first-order chi connectivity index (χ1) is 8.43. The smallest absolute Gasteiger partial charge is 0.124 e. The van der Waals surface area contributed by atoms with Crippen molar-refractivity contribution >= 4 is 11.3 Å². The zero-order valence-corrected chi connectivity index (χ0v) is 10.1. The van der Waals surface area contributed by atoms with Crippen LogP contribution in [0.2, 0.25) is 0 Å². The van der Waals surface area contributed by atoms with E-state index in [4.69, 9.17) is 4.74 Å². The molecule has 0 radical (unpaired) electrons. The molecular formula is C12H13N3OS. The maximum Gasteiger partial charge on any atom is 0.124 e. The molecule has 0 aliphatic carbocycles. The number of nitrogens with one attached hydrogen (secondary N) is 1. The zero-order valence-electron chi connectivity index (χ0n) is 9.30. The van der Waals surface area contributed by atoms with Gasteiger partial charge >= 0.3 is 0 Å². The molecule has 1 unspecified atom stereocenters. The van der Waals surface area contributed by atoms with Crippen LogP contribution in [-0.4, -0.2) is 29.7 Å². The molecule has 1 fully saturated rings. The van der Waals surface area contributed by atoms with E-state index in [1.807, 2.05) is 18.3 Å². The Morgan fingerprint density at radius 1 is 1.47 bits per heavy atom. The molecular weight excluding hydrogens is 234 g/mol. The number of ether oxygens (including phenoxy) is 1. The number of nitrogens with zero attached hydrogens (tertiary/aromatic N) is 2. The third kappa shape index (κ3) is 2.36. The van der Waals surface area contributed by atoms with Gasteiger partial charge in [-0.1, -0.05) is 0 Å². The first-order valence-corrected chi connectivity index (χ1v) is 6.49. The van der Waals surface area contributed by atoms with Crippen molar-refractivity contribution in [2.45, 2.75) is 6.10 Å². The van der Waals surface area contributed by atoms with Gasteiger partial charge in [0.2, 0.25) is 0 Å². The Bertz CT molecular complexity index is 480.